The van der Waals surface area contributed by atoms with Crippen LogP contribution in [-0.2, 0) is 14.8 Å². The van der Waals surface area contributed by atoms with Crippen LogP contribution in [0, 0.1) is 0 Å². The van der Waals surface area contributed by atoms with Gasteiger partial charge in [-0.2, -0.15) is 0 Å². The summed E-state index contributed by atoms with van der Waals surface area (Å²) < 4.78 is 27.9. The van der Waals surface area contributed by atoms with Gasteiger partial charge in [0, 0.05) is 13.1 Å². The molecule has 78 valence electrons. The van der Waals surface area contributed by atoms with Crippen LogP contribution in [0.15, 0.2) is 0 Å². The van der Waals surface area contributed by atoms with Gasteiger partial charge in [0.05, 0.1) is 18.5 Å². The van der Waals surface area contributed by atoms with E-state index in [2.05, 4.69) is 4.83 Å². The maximum Gasteiger partial charge on any atom is 0.226 e. The van der Waals surface area contributed by atoms with Gasteiger partial charge in [0.15, 0.2) is 0 Å². The van der Waals surface area contributed by atoms with Crippen LogP contribution in [0.25, 0.3) is 0 Å². The average Bonchev–Trinajstić information content (AvgIpc) is 2.05. The van der Waals surface area contributed by atoms with E-state index >= 15 is 0 Å². The summed E-state index contributed by atoms with van der Waals surface area (Å²) in [5.41, 5.74) is 0. The molecule has 0 aromatic carbocycles. The normalized spacial score (nSPS) is 20.8. The Morgan fingerprint density at radius 1 is 1.31 bits per heavy atom. The van der Waals surface area contributed by atoms with Gasteiger partial charge in [-0.3, -0.25) is 0 Å². The molecule has 0 atom stereocenters. The highest BCUT2D eigenvalue weighted by Crippen LogP contribution is 2.00. The highest BCUT2D eigenvalue weighted by atomic mass is 32.2. The summed E-state index contributed by atoms with van der Waals surface area (Å²) >= 11 is 0. The van der Waals surface area contributed by atoms with Gasteiger partial charge < -0.3 is 4.74 Å². The van der Waals surface area contributed by atoms with E-state index in [9.17, 15) is 8.42 Å². The molecule has 1 aliphatic rings. The molecule has 5 nitrogen and oxygen atoms in total. The minimum atomic E-state index is -3.18. The van der Waals surface area contributed by atoms with E-state index in [4.69, 9.17) is 4.74 Å². The van der Waals surface area contributed by atoms with Gasteiger partial charge in [0.1, 0.15) is 0 Å². The number of ether oxygens (including phenoxy) is 1. The summed E-state index contributed by atoms with van der Waals surface area (Å²) in [6.07, 6.45) is 0. The fourth-order valence-corrected chi connectivity index (χ4v) is 1.69. The molecular formula is C7H16N2O3S. The fraction of sp³-hybridized carbons (Fsp3) is 1.00. The smallest absolute Gasteiger partial charge is 0.226 e. The maximum atomic E-state index is 11.4. The Bertz CT molecular complexity index is 244. The summed E-state index contributed by atoms with van der Waals surface area (Å²) in [5, 5.41) is 1.29. The minimum Gasteiger partial charge on any atom is -0.379 e. The van der Waals surface area contributed by atoms with E-state index in [1.807, 2.05) is 0 Å². The molecule has 13 heavy (non-hydrogen) atoms. The molecule has 0 radical (unpaired) electrons. The van der Waals surface area contributed by atoms with Gasteiger partial charge in [-0.15, -0.1) is 4.83 Å². The Hall–Kier alpha value is -0.170. The van der Waals surface area contributed by atoms with Gasteiger partial charge in [-0.1, -0.05) is 0 Å². The van der Waals surface area contributed by atoms with Crippen molar-refractivity contribution in [2.24, 2.45) is 0 Å². The zero-order chi connectivity index (χ0) is 9.90. The molecule has 1 aliphatic heterocycles. The topological polar surface area (TPSA) is 58.6 Å². The van der Waals surface area contributed by atoms with Crippen molar-refractivity contribution in [3.63, 3.8) is 0 Å². The molecule has 1 heterocycles. The van der Waals surface area contributed by atoms with Gasteiger partial charge in [-0.05, 0) is 13.8 Å². The second-order valence-corrected chi connectivity index (χ2v) is 5.50. The molecule has 0 amide bonds. The third kappa shape index (κ3) is 3.22. The lowest BCUT2D eigenvalue weighted by atomic mass is 10.5. The second kappa shape index (κ2) is 4.36. The molecule has 6 heteroatoms. The molecule has 0 saturated carbocycles. The molecule has 0 aromatic heterocycles. The number of hydrogen-bond donors (Lipinski definition) is 1. The van der Waals surface area contributed by atoms with Crippen LogP contribution >= 0.6 is 0 Å². The third-order valence-corrected chi connectivity index (χ3v) is 3.64. The Kier molecular flexibility index (Phi) is 3.66. The molecule has 0 unspecified atom stereocenters. The molecule has 1 fully saturated rings. The Morgan fingerprint density at radius 3 is 2.31 bits per heavy atom. The monoisotopic (exact) mass is 208 g/mol. The Balaban J connectivity index is 2.47. The summed E-state index contributed by atoms with van der Waals surface area (Å²) in [7, 11) is -3.18. The van der Waals surface area contributed by atoms with E-state index in [-0.39, 0.29) is 0 Å². The van der Waals surface area contributed by atoms with Crippen molar-refractivity contribution in [3.8, 4) is 0 Å². The van der Waals surface area contributed by atoms with Gasteiger partial charge in [-0.25, -0.2) is 13.4 Å². The van der Waals surface area contributed by atoms with Crippen molar-refractivity contribution in [2.75, 3.05) is 26.3 Å². The Labute approximate surface area is 79.1 Å². The van der Waals surface area contributed by atoms with Crippen LogP contribution in [0.5, 0.6) is 0 Å². The third-order valence-electron chi connectivity index (χ3n) is 1.89. The van der Waals surface area contributed by atoms with E-state index in [1.165, 1.54) is 0 Å². The lowest BCUT2D eigenvalue weighted by Gasteiger charge is -2.27. The SMILES string of the molecule is CC(C)S(=O)(=O)NN1CCOCC1. The average molecular weight is 208 g/mol. The minimum absolute atomic E-state index is 0.393. The number of hydrogen-bond acceptors (Lipinski definition) is 4. The lowest BCUT2D eigenvalue weighted by molar-refractivity contribution is 0.0271. The molecule has 0 spiro atoms. The predicted molar refractivity (Wildman–Crippen MR) is 49.6 cm³/mol. The number of hydrazine groups is 1. The molecule has 0 aliphatic carbocycles. The predicted octanol–water partition coefficient (Wildman–Crippen LogP) is -0.439. The van der Waals surface area contributed by atoms with Gasteiger partial charge in [0.2, 0.25) is 10.0 Å². The molecule has 1 N–H and O–H groups in total. The fourth-order valence-electron chi connectivity index (χ4n) is 0.940. The second-order valence-electron chi connectivity index (χ2n) is 3.28. The molecule has 1 saturated heterocycles. The van der Waals surface area contributed by atoms with Crippen molar-refractivity contribution in [3.05, 3.63) is 0 Å². The van der Waals surface area contributed by atoms with Crippen molar-refractivity contribution in [2.45, 2.75) is 19.1 Å². The van der Waals surface area contributed by atoms with Crippen LogP contribution in [0.4, 0.5) is 0 Å². The van der Waals surface area contributed by atoms with Crippen LogP contribution < -0.4 is 4.83 Å². The van der Waals surface area contributed by atoms with Crippen LogP contribution in [0.1, 0.15) is 13.8 Å². The van der Waals surface area contributed by atoms with Crippen molar-refractivity contribution in [1.29, 1.82) is 0 Å². The summed E-state index contributed by atoms with van der Waals surface area (Å²) in [6, 6.07) is 0. The van der Waals surface area contributed by atoms with E-state index in [0.717, 1.165) is 0 Å². The van der Waals surface area contributed by atoms with Gasteiger partial charge >= 0.3 is 0 Å². The number of morpholine rings is 1. The van der Waals surface area contributed by atoms with Crippen molar-refractivity contribution < 1.29 is 13.2 Å². The maximum absolute atomic E-state index is 11.4. The van der Waals surface area contributed by atoms with Crippen molar-refractivity contribution >= 4 is 10.0 Å². The summed E-state index contributed by atoms with van der Waals surface area (Å²) in [4.78, 5) is 2.52. The first-order valence-corrected chi connectivity index (χ1v) is 5.91. The van der Waals surface area contributed by atoms with E-state index in [1.54, 1.807) is 18.9 Å². The zero-order valence-electron chi connectivity index (χ0n) is 7.99. The molecule has 0 aromatic rings. The number of nitrogens with zero attached hydrogens (tertiary/aromatic N) is 1. The highest BCUT2D eigenvalue weighted by Gasteiger charge is 2.20. The van der Waals surface area contributed by atoms with Gasteiger partial charge in [0.25, 0.3) is 0 Å². The molecular weight excluding hydrogens is 192 g/mol. The number of nitrogens with one attached hydrogen (secondary N) is 1. The van der Waals surface area contributed by atoms with Crippen LogP contribution in [-0.4, -0.2) is 45.0 Å². The van der Waals surface area contributed by atoms with Crippen molar-refractivity contribution in [1.82, 2.24) is 9.84 Å². The summed E-state index contributed by atoms with van der Waals surface area (Å²) in [5.74, 6) is 0. The van der Waals surface area contributed by atoms with E-state index in [0.29, 0.717) is 26.3 Å². The Morgan fingerprint density at radius 2 is 1.85 bits per heavy atom. The number of sulfonamides is 1. The first kappa shape index (κ1) is 10.9. The zero-order valence-corrected chi connectivity index (χ0v) is 8.80. The van der Waals surface area contributed by atoms with Crippen LogP contribution in [0.2, 0.25) is 0 Å². The molecule has 1 rings (SSSR count). The quantitative estimate of drug-likeness (QED) is 0.683. The number of rotatable bonds is 3. The van der Waals surface area contributed by atoms with E-state index < -0.39 is 15.3 Å². The largest absolute Gasteiger partial charge is 0.379 e. The van der Waals surface area contributed by atoms with Crippen LogP contribution in [0.3, 0.4) is 0 Å². The first-order valence-electron chi connectivity index (χ1n) is 4.36. The molecule has 0 bridgehead atoms. The standard InChI is InChI=1S/C7H16N2O3S/c1-7(2)13(10,11)8-9-3-5-12-6-4-9/h7-8H,3-6H2,1-2H3. The summed E-state index contributed by atoms with van der Waals surface area (Å²) in [6.45, 7) is 5.71. The highest BCUT2D eigenvalue weighted by molar-refractivity contribution is 7.90. The first-order chi connectivity index (χ1) is 6.02. The lowest BCUT2D eigenvalue weighted by Crippen LogP contribution is -2.50.